The minimum absolute atomic E-state index is 0.0195. The Bertz CT molecular complexity index is 666. The van der Waals surface area contributed by atoms with Crippen molar-refractivity contribution in [2.75, 3.05) is 11.9 Å². The molecule has 0 spiro atoms. The Balaban J connectivity index is 1.83. The minimum Gasteiger partial charge on any atom is -0.484 e. The molecule has 0 aliphatic carbocycles. The van der Waals surface area contributed by atoms with E-state index in [0.29, 0.717) is 11.4 Å². The fourth-order valence-corrected chi connectivity index (χ4v) is 2.05. The molecule has 1 N–H and O–H groups in total. The summed E-state index contributed by atoms with van der Waals surface area (Å²) < 4.78 is 5.30. The van der Waals surface area contributed by atoms with Gasteiger partial charge in [0, 0.05) is 17.8 Å². The van der Waals surface area contributed by atoms with Crippen LogP contribution in [0.2, 0.25) is 0 Å². The van der Waals surface area contributed by atoms with E-state index in [9.17, 15) is 14.9 Å². The SMILES string of the molecule is CCCc1ccc(NC(=O)COc2ccc([N+](=O)[O-])cc2)cc1. The summed E-state index contributed by atoms with van der Waals surface area (Å²) in [6.45, 7) is 1.96. The fourth-order valence-electron chi connectivity index (χ4n) is 2.05. The molecule has 2 rings (SSSR count). The summed E-state index contributed by atoms with van der Waals surface area (Å²) in [6, 6.07) is 13.3. The minimum atomic E-state index is -0.487. The second-order valence-corrected chi connectivity index (χ2v) is 5.03. The maximum atomic E-state index is 11.8. The van der Waals surface area contributed by atoms with Gasteiger partial charge in [-0.3, -0.25) is 14.9 Å². The number of rotatable bonds is 7. The Hall–Kier alpha value is -2.89. The van der Waals surface area contributed by atoms with Crippen LogP contribution < -0.4 is 10.1 Å². The van der Waals surface area contributed by atoms with Crippen LogP contribution in [0.4, 0.5) is 11.4 Å². The molecular formula is C17H18N2O4. The number of benzene rings is 2. The first-order chi connectivity index (χ1) is 11.1. The molecule has 6 nitrogen and oxygen atoms in total. The van der Waals surface area contributed by atoms with Gasteiger partial charge in [0.25, 0.3) is 11.6 Å². The molecule has 0 aliphatic heterocycles. The highest BCUT2D eigenvalue weighted by Crippen LogP contribution is 2.17. The van der Waals surface area contributed by atoms with Crippen LogP contribution in [-0.2, 0) is 11.2 Å². The van der Waals surface area contributed by atoms with Crippen molar-refractivity contribution in [1.29, 1.82) is 0 Å². The molecule has 0 radical (unpaired) electrons. The van der Waals surface area contributed by atoms with E-state index in [-0.39, 0.29) is 18.2 Å². The van der Waals surface area contributed by atoms with Crippen molar-refractivity contribution in [3.05, 3.63) is 64.2 Å². The van der Waals surface area contributed by atoms with Crippen LogP contribution in [0.3, 0.4) is 0 Å². The number of nitro groups is 1. The van der Waals surface area contributed by atoms with Crippen molar-refractivity contribution >= 4 is 17.3 Å². The summed E-state index contributed by atoms with van der Waals surface area (Å²) in [4.78, 5) is 21.9. The highest BCUT2D eigenvalue weighted by molar-refractivity contribution is 5.91. The van der Waals surface area contributed by atoms with Gasteiger partial charge in [-0.05, 0) is 36.2 Å². The average molecular weight is 314 g/mol. The number of amides is 1. The number of anilines is 1. The van der Waals surface area contributed by atoms with E-state index in [1.165, 1.54) is 29.8 Å². The summed E-state index contributed by atoms with van der Waals surface area (Å²) in [5.41, 5.74) is 1.92. The summed E-state index contributed by atoms with van der Waals surface area (Å²) in [5, 5.41) is 13.3. The summed E-state index contributed by atoms with van der Waals surface area (Å²) in [7, 11) is 0. The quantitative estimate of drug-likeness (QED) is 0.625. The molecule has 0 saturated carbocycles. The summed E-state index contributed by atoms with van der Waals surface area (Å²) in [6.07, 6.45) is 2.09. The van der Waals surface area contributed by atoms with E-state index in [1.807, 2.05) is 24.3 Å². The molecule has 0 fully saturated rings. The third kappa shape index (κ3) is 5.10. The molecule has 0 unspecified atom stereocenters. The lowest BCUT2D eigenvalue weighted by Crippen LogP contribution is -2.20. The van der Waals surface area contributed by atoms with Gasteiger partial charge < -0.3 is 10.1 Å². The standard InChI is InChI=1S/C17H18N2O4/c1-2-3-13-4-6-14(7-5-13)18-17(20)12-23-16-10-8-15(9-11-16)19(21)22/h4-11H,2-3,12H2,1H3,(H,18,20). The number of carbonyl (C=O) groups excluding carboxylic acids is 1. The van der Waals surface area contributed by atoms with Gasteiger partial charge in [0.2, 0.25) is 0 Å². The first kappa shape index (κ1) is 16.5. The molecule has 0 saturated heterocycles. The Morgan fingerprint density at radius 2 is 1.78 bits per heavy atom. The first-order valence-electron chi connectivity index (χ1n) is 7.34. The van der Waals surface area contributed by atoms with E-state index >= 15 is 0 Å². The van der Waals surface area contributed by atoms with Crippen molar-refractivity contribution in [2.24, 2.45) is 0 Å². The van der Waals surface area contributed by atoms with Crippen molar-refractivity contribution in [2.45, 2.75) is 19.8 Å². The highest BCUT2D eigenvalue weighted by atomic mass is 16.6. The maximum Gasteiger partial charge on any atom is 0.269 e. The van der Waals surface area contributed by atoms with Gasteiger partial charge in [0.05, 0.1) is 4.92 Å². The van der Waals surface area contributed by atoms with Crippen LogP contribution in [0.5, 0.6) is 5.75 Å². The normalized spacial score (nSPS) is 10.1. The van der Waals surface area contributed by atoms with Crippen molar-refractivity contribution in [3.8, 4) is 5.75 Å². The van der Waals surface area contributed by atoms with Gasteiger partial charge >= 0.3 is 0 Å². The van der Waals surface area contributed by atoms with Gasteiger partial charge in [-0.25, -0.2) is 0 Å². The smallest absolute Gasteiger partial charge is 0.269 e. The van der Waals surface area contributed by atoms with Crippen molar-refractivity contribution in [3.63, 3.8) is 0 Å². The summed E-state index contributed by atoms with van der Waals surface area (Å²) >= 11 is 0. The fraction of sp³-hybridized carbons (Fsp3) is 0.235. The number of ether oxygens (including phenoxy) is 1. The maximum absolute atomic E-state index is 11.8. The third-order valence-corrected chi connectivity index (χ3v) is 3.19. The van der Waals surface area contributed by atoms with Crippen molar-refractivity contribution < 1.29 is 14.5 Å². The van der Waals surface area contributed by atoms with E-state index < -0.39 is 4.92 Å². The number of nitrogens with zero attached hydrogens (tertiary/aromatic N) is 1. The Morgan fingerprint density at radius 1 is 1.13 bits per heavy atom. The second kappa shape index (κ2) is 7.93. The number of nitro benzene ring substituents is 1. The van der Waals surface area contributed by atoms with Crippen LogP contribution in [0.15, 0.2) is 48.5 Å². The molecule has 120 valence electrons. The van der Waals surface area contributed by atoms with Gasteiger partial charge in [-0.15, -0.1) is 0 Å². The third-order valence-electron chi connectivity index (χ3n) is 3.19. The Morgan fingerprint density at radius 3 is 2.35 bits per heavy atom. The predicted octanol–water partition coefficient (Wildman–Crippen LogP) is 3.56. The zero-order valence-electron chi connectivity index (χ0n) is 12.8. The average Bonchev–Trinajstić information content (AvgIpc) is 2.55. The number of nitrogens with one attached hydrogen (secondary N) is 1. The van der Waals surface area contributed by atoms with Gasteiger partial charge in [0.15, 0.2) is 6.61 Å². The predicted molar refractivity (Wildman–Crippen MR) is 87.7 cm³/mol. The van der Waals surface area contributed by atoms with E-state index in [4.69, 9.17) is 4.74 Å². The lowest BCUT2D eigenvalue weighted by molar-refractivity contribution is -0.384. The van der Waals surface area contributed by atoms with E-state index in [0.717, 1.165) is 12.8 Å². The molecule has 6 heteroatoms. The van der Waals surface area contributed by atoms with Crippen molar-refractivity contribution in [1.82, 2.24) is 0 Å². The molecule has 0 aliphatic rings. The van der Waals surface area contributed by atoms with Gasteiger partial charge in [-0.1, -0.05) is 25.5 Å². The van der Waals surface area contributed by atoms with Crippen LogP contribution in [-0.4, -0.2) is 17.4 Å². The van der Waals surface area contributed by atoms with Crippen LogP contribution in [0.1, 0.15) is 18.9 Å². The van der Waals surface area contributed by atoms with E-state index in [2.05, 4.69) is 12.2 Å². The zero-order chi connectivity index (χ0) is 16.7. The number of hydrogen-bond acceptors (Lipinski definition) is 4. The largest absolute Gasteiger partial charge is 0.484 e. The van der Waals surface area contributed by atoms with Crippen LogP contribution in [0, 0.1) is 10.1 Å². The number of carbonyl (C=O) groups is 1. The van der Waals surface area contributed by atoms with E-state index in [1.54, 1.807) is 0 Å². The molecule has 1 amide bonds. The Kier molecular flexibility index (Phi) is 5.68. The van der Waals surface area contributed by atoms with Crippen LogP contribution in [0.25, 0.3) is 0 Å². The number of hydrogen-bond donors (Lipinski definition) is 1. The number of aryl methyl sites for hydroxylation is 1. The zero-order valence-corrected chi connectivity index (χ0v) is 12.8. The number of non-ortho nitro benzene ring substituents is 1. The lowest BCUT2D eigenvalue weighted by Gasteiger charge is -2.08. The molecule has 0 aromatic heterocycles. The molecule has 2 aromatic rings. The van der Waals surface area contributed by atoms with Gasteiger partial charge in [0.1, 0.15) is 5.75 Å². The molecule has 2 aromatic carbocycles. The molecule has 23 heavy (non-hydrogen) atoms. The van der Waals surface area contributed by atoms with Gasteiger partial charge in [-0.2, -0.15) is 0 Å². The molecule has 0 bridgehead atoms. The lowest BCUT2D eigenvalue weighted by atomic mass is 10.1. The van der Waals surface area contributed by atoms with Crippen LogP contribution >= 0.6 is 0 Å². The summed E-state index contributed by atoms with van der Waals surface area (Å²) in [5.74, 6) is 0.121. The molecular weight excluding hydrogens is 296 g/mol. The second-order valence-electron chi connectivity index (χ2n) is 5.03. The topological polar surface area (TPSA) is 81.5 Å². The monoisotopic (exact) mass is 314 g/mol. The molecule has 0 heterocycles. The Labute approximate surface area is 134 Å². The molecule has 0 atom stereocenters. The highest BCUT2D eigenvalue weighted by Gasteiger charge is 2.07. The first-order valence-corrected chi connectivity index (χ1v) is 7.34.